The summed E-state index contributed by atoms with van der Waals surface area (Å²) in [6, 6.07) is 5.72. The standard InChI is InChI=1S/C20H14F4N4OS/c1-28-18(29)20(27-19(28)25,11-2-4-26-16(6-11)17(23)24)13-7-12(10-3-5-30-9-10)14(21)8-15(13)22/h2-9,17H,1H3,(H2,25,27). The number of rotatable bonds is 4. The van der Waals surface area contributed by atoms with E-state index in [1.54, 1.807) is 16.8 Å². The normalized spacial score (nSPS) is 18.9. The van der Waals surface area contributed by atoms with Crippen LogP contribution in [0.3, 0.4) is 0 Å². The average molecular weight is 434 g/mol. The maximum atomic E-state index is 15.1. The largest absolute Gasteiger partial charge is 0.369 e. The maximum absolute atomic E-state index is 15.1. The van der Waals surface area contributed by atoms with E-state index < -0.39 is 35.2 Å². The Bertz CT molecular complexity index is 1170. The number of benzene rings is 1. The average Bonchev–Trinajstić information content (AvgIpc) is 3.32. The Morgan fingerprint density at radius 1 is 1.17 bits per heavy atom. The fourth-order valence-corrected chi connectivity index (χ4v) is 4.07. The van der Waals surface area contributed by atoms with E-state index in [9.17, 15) is 18.0 Å². The van der Waals surface area contributed by atoms with Crippen molar-refractivity contribution in [2.24, 2.45) is 10.7 Å². The van der Waals surface area contributed by atoms with Crippen LogP contribution in [0.2, 0.25) is 0 Å². The zero-order valence-corrected chi connectivity index (χ0v) is 16.3. The molecular formula is C20H14F4N4OS. The number of carbonyl (C=O) groups excluding carboxylic acids is 1. The number of carbonyl (C=O) groups is 1. The molecule has 0 bridgehead atoms. The Labute approximate surface area is 172 Å². The molecule has 2 aromatic heterocycles. The van der Waals surface area contributed by atoms with Crippen molar-refractivity contribution in [2.75, 3.05) is 7.05 Å². The third-order valence-corrected chi connectivity index (χ3v) is 5.62. The number of nitrogens with two attached hydrogens (primary N) is 1. The first-order valence-corrected chi connectivity index (χ1v) is 9.60. The van der Waals surface area contributed by atoms with Crippen molar-refractivity contribution in [3.8, 4) is 11.1 Å². The van der Waals surface area contributed by atoms with Gasteiger partial charge in [-0.15, -0.1) is 0 Å². The number of alkyl halides is 2. The first kappa shape index (κ1) is 20.0. The number of hydrogen-bond acceptors (Lipinski definition) is 5. The zero-order chi connectivity index (χ0) is 21.6. The molecule has 0 saturated heterocycles. The van der Waals surface area contributed by atoms with Gasteiger partial charge >= 0.3 is 0 Å². The molecule has 4 rings (SSSR count). The Hall–Kier alpha value is -3.27. The van der Waals surface area contributed by atoms with E-state index in [1.165, 1.54) is 30.5 Å². The molecule has 0 saturated carbocycles. The van der Waals surface area contributed by atoms with Crippen LogP contribution in [-0.2, 0) is 10.3 Å². The van der Waals surface area contributed by atoms with Crippen molar-refractivity contribution in [1.82, 2.24) is 9.88 Å². The lowest BCUT2D eigenvalue weighted by atomic mass is 9.81. The molecule has 0 aliphatic carbocycles. The summed E-state index contributed by atoms with van der Waals surface area (Å²) in [5.74, 6) is -2.87. The smallest absolute Gasteiger partial charge is 0.280 e. The van der Waals surface area contributed by atoms with Gasteiger partial charge in [-0.25, -0.2) is 22.6 Å². The van der Waals surface area contributed by atoms with E-state index in [2.05, 4.69) is 9.98 Å². The van der Waals surface area contributed by atoms with Crippen LogP contribution in [0.5, 0.6) is 0 Å². The summed E-state index contributed by atoms with van der Waals surface area (Å²) in [5, 5.41) is 3.38. The predicted molar refractivity (Wildman–Crippen MR) is 104 cm³/mol. The van der Waals surface area contributed by atoms with Crippen molar-refractivity contribution in [2.45, 2.75) is 12.0 Å². The number of nitrogens with zero attached hydrogens (tertiary/aromatic N) is 3. The second kappa shape index (κ2) is 7.21. The van der Waals surface area contributed by atoms with Crippen molar-refractivity contribution >= 4 is 23.2 Å². The lowest BCUT2D eigenvalue weighted by Crippen LogP contribution is -2.41. The predicted octanol–water partition coefficient (Wildman–Crippen LogP) is 4.06. The third kappa shape index (κ3) is 2.95. The summed E-state index contributed by atoms with van der Waals surface area (Å²) < 4.78 is 56.1. The first-order chi connectivity index (χ1) is 14.3. The fourth-order valence-electron chi connectivity index (χ4n) is 3.42. The van der Waals surface area contributed by atoms with E-state index in [0.29, 0.717) is 11.6 Å². The lowest BCUT2D eigenvalue weighted by molar-refractivity contribution is -0.129. The highest BCUT2D eigenvalue weighted by molar-refractivity contribution is 7.08. The van der Waals surface area contributed by atoms with Crippen molar-refractivity contribution in [3.63, 3.8) is 0 Å². The van der Waals surface area contributed by atoms with Crippen LogP contribution in [0, 0.1) is 11.6 Å². The van der Waals surface area contributed by atoms with Crippen molar-refractivity contribution < 1.29 is 22.4 Å². The molecule has 1 unspecified atom stereocenters. The molecule has 0 fully saturated rings. The van der Waals surface area contributed by atoms with Crippen LogP contribution in [0.1, 0.15) is 23.2 Å². The second-order valence-electron chi connectivity index (χ2n) is 6.64. The molecule has 2 N–H and O–H groups in total. The molecule has 5 nitrogen and oxygen atoms in total. The Balaban J connectivity index is 2.03. The van der Waals surface area contributed by atoms with Gasteiger partial charge in [0.25, 0.3) is 12.3 Å². The highest BCUT2D eigenvalue weighted by atomic mass is 32.1. The Morgan fingerprint density at radius 2 is 1.93 bits per heavy atom. The number of hydrogen-bond donors (Lipinski definition) is 1. The van der Waals surface area contributed by atoms with Gasteiger partial charge in [0.2, 0.25) is 0 Å². The first-order valence-electron chi connectivity index (χ1n) is 8.66. The van der Waals surface area contributed by atoms with Crippen LogP contribution in [0.4, 0.5) is 17.6 Å². The fraction of sp³-hybridized carbons (Fsp3) is 0.150. The van der Waals surface area contributed by atoms with Crippen LogP contribution in [-0.4, -0.2) is 28.8 Å². The lowest BCUT2D eigenvalue weighted by Gasteiger charge is -2.27. The van der Waals surface area contributed by atoms with Gasteiger partial charge < -0.3 is 5.73 Å². The summed E-state index contributed by atoms with van der Waals surface area (Å²) in [5.41, 5.74) is 3.31. The van der Waals surface area contributed by atoms with Gasteiger partial charge in [-0.2, -0.15) is 11.3 Å². The van der Waals surface area contributed by atoms with Gasteiger partial charge in [0.05, 0.1) is 0 Å². The molecule has 1 aliphatic heterocycles. The molecule has 1 atom stereocenters. The molecule has 1 aromatic carbocycles. The van der Waals surface area contributed by atoms with Crippen LogP contribution in [0.15, 0.2) is 52.3 Å². The minimum absolute atomic E-state index is 0.0475. The molecule has 0 spiro atoms. The number of aliphatic imine (C=N–C) groups is 1. The van der Waals surface area contributed by atoms with Gasteiger partial charge in [-0.05, 0) is 46.2 Å². The summed E-state index contributed by atoms with van der Waals surface area (Å²) in [7, 11) is 1.33. The van der Waals surface area contributed by atoms with Gasteiger partial charge in [0.15, 0.2) is 11.5 Å². The van der Waals surface area contributed by atoms with Crippen LogP contribution >= 0.6 is 11.3 Å². The van der Waals surface area contributed by atoms with Gasteiger partial charge in [-0.1, -0.05) is 0 Å². The minimum Gasteiger partial charge on any atom is -0.369 e. The number of pyridine rings is 1. The van der Waals surface area contributed by atoms with Crippen LogP contribution in [0.25, 0.3) is 11.1 Å². The van der Waals surface area contributed by atoms with Gasteiger partial charge in [-0.3, -0.25) is 14.7 Å². The molecule has 3 aromatic rings. The molecule has 1 amide bonds. The van der Waals surface area contributed by atoms with E-state index in [0.717, 1.165) is 17.2 Å². The van der Waals surface area contributed by atoms with E-state index in [-0.39, 0.29) is 22.6 Å². The number of halogens is 4. The van der Waals surface area contributed by atoms with Gasteiger partial charge in [0.1, 0.15) is 17.3 Å². The van der Waals surface area contributed by atoms with Gasteiger partial charge in [0, 0.05) is 30.4 Å². The number of amides is 1. The quantitative estimate of drug-likeness (QED) is 0.630. The third-order valence-electron chi connectivity index (χ3n) is 4.94. The molecule has 154 valence electrons. The number of likely N-dealkylation sites (N-methyl/N-ethyl adjacent to an activating group) is 1. The number of aromatic nitrogens is 1. The van der Waals surface area contributed by atoms with E-state index in [4.69, 9.17) is 5.73 Å². The topological polar surface area (TPSA) is 71.6 Å². The molecule has 3 heterocycles. The number of thiophene rings is 1. The Morgan fingerprint density at radius 3 is 2.53 bits per heavy atom. The minimum atomic E-state index is -2.92. The summed E-state index contributed by atoms with van der Waals surface area (Å²) in [6.45, 7) is 0. The Kier molecular flexibility index (Phi) is 4.81. The van der Waals surface area contributed by atoms with Crippen LogP contribution < -0.4 is 5.73 Å². The molecule has 0 radical (unpaired) electrons. The second-order valence-corrected chi connectivity index (χ2v) is 7.42. The number of guanidine groups is 1. The molecule has 30 heavy (non-hydrogen) atoms. The highest BCUT2D eigenvalue weighted by Gasteiger charge is 2.51. The van der Waals surface area contributed by atoms with E-state index >= 15 is 4.39 Å². The SMILES string of the molecule is CN1C(=O)C(c2ccnc(C(F)F)c2)(c2cc(-c3ccsc3)c(F)cc2F)N=C1N. The molecule has 1 aliphatic rings. The monoisotopic (exact) mass is 434 g/mol. The van der Waals surface area contributed by atoms with Crippen molar-refractivity contribution in [1.29, 1.82) is 0 Å². The van der Waals surface area contributed by atoms with E-state index in [1.807, 2.05) is 0 Å². The summed E-state index contributed by atoms with van der Waals surface area (Å²) >= 11 is 1.31. The molecule has 10 heteroatoms. The maximum Gasteiger partial charge on any atom is 0.280 e. The molecular weight excluding hydrogens is 420 g/mol. The highest BCUT2D eigenvalue weighted by Crippen LogP contribution is 2.43. The zero-order valence-electron chi connectivity index (χ0n) is 15.4. The summed E-state index contributed by atoms with van der Waals surface area (Å²) in [6.07, 6.45) is -1.84. The van der Waals surface area contributed by atoms with Crippen molar-refractivity contribution in [3.05, 3.63) is 75.7 Å². The summed E-state index contributed by atoms with van der Waals surface area (Å²) in [4.78, 5) is 22.0.